The van der Waals surface area contributed by atoms with Gasteiger partial charge < -0.3 is 14.6 Å². The molecule has 0 amide bonds. The number of carbonyl (C=O) groups is 1. The summed E-state index contributed by atoms with van der Waals surface area (Å²) in [6.07, 6.45) is 1.05. The standard InChI is InChI=1S/C10H20BNO6S/c1-4-17-10(13)9-7-8(18-19(3,15)16)5-6-12(9)11(2)14/h8-9,14H,4-7H2,1-3H3/t8?,9-/m1/s1. The predicted octanol–water partition coefficient (Wildman–Crippen LogP) is -0.531. The van der Waals surface area contributed by atoms with Gasteiger partial charge in [-0.25, -0.2) is 0 Å². The van der Waals surface area contributed by atoms with Crippen LogP contribution in [-0.2, 0) is 23.8 Å². The zero-order valence-electron chi connectivity index (χ0n) is 11.4. The Labute approximate surface area is 114 Å². The number of nitrogens with zero attached hydrogens (tertiary/aromatic N) is 1. The zero-order chi connectivity index (χ0) is 14.6. The fourth-order valence-electron chi connectivity index (χ4n) is 2.20. The highest BCUT2D eigenvalue weighted by molar-refractivity contribution is 7.86. The molecule has 0 aliphatic carbocycles. The van der Waals surface area contributed by atoms with E-state index in [-0.39, 0.29) is 13.0 Å². The van der Waals surface area contributed by atoms with E-state index < -0.39 is 35.3 Å². The second-order valence-electron chi connectivity index (χ2n) is 4.58. The number of piperidine rings is 1. The van der Waals surface area contributed by atoms with Crippen LogP contribution in [-0.4, -0.2) is 62.8 Å². The molecule has 0 spiro atoms. The maximum atomic E-state index is 11.8. The van der Waals surface area contributed by atoms with Crippen LogP contribution < -0.4 is 0 Å². The Hall–Kier alpha value is -0.635. The molecule has 1 unspecified atom stereocenters. The molecule has 7 nitrogen and oxygen atoms in total. The first-order chi connectivity index (χ1) is 8.74. The number of esters is 1. The maximum Gasteiger partial charge on any atom is 0.377 e. The molecule has 0 aromatic heterocycles. The van der Waals surface area contributed by atoms with Gasteiger partial charge in [-0.2, -0.15) is 8.42 Å². The molecule has 9 heteroatoms. The molecular formula is C10H20BNO6S. The molecule has 2 atom stereocenters. The lowest BCUT2D eigenvalue weighted by Crippen LogP contribution is -2.55. The molecule has 1 aliphatic heterocycles. The van der Waals surface area contributed by atoms with Crippen molar-refractivity contribution in [2.75, 3.05) is 19.4 Å². The Morgan fingerprint density at radius 1 is 1.53 bits per heavy atom. The monoisotopic (exact) mass is 293 g/mol. The summed E-state index contributed by atoms with van der Waals surface area (Å²) in [7, 11) is -4.35. The lowest BCUT2D eigenvalue weighted by atomic mass is 9.79. The molecular weight excluding hydrogens is 273 g/mol. The second kappa shape index (κ2) is 6.69. The molecule has 19 heavy (non-hydrogen) atoms. The van der Waals surface area contributed by atoms with Gasteiger partial charge in [-0.05, 0) is 26.7 Å². The van der Waals surface area contributed by atoms with Gasteiger partial charge in [-0.1, -0.05) is 0 Å². The minimum absolute atomic E-state index is 0.191. The fraction of sp³-hybridized carbons (Fsp3) is 0.900. The van der Waals surface area contributed by atoms with Crippen LogP contribution in [0.3, 0.4) is 0 Å². The number of carbonyl (C=O) groups excluding carboxylic acids is 1. The average molecular weight is 293 g/mol. The zero-order valence-corrected chi connectivity index (χ0v) is 12.2. The Bertz CT molecular complexity index is 412. The Balaban J connectivity index is 2.76. The molecule has 0 aromatic rings. The van der Waals surface area contributed by atoms with Crippen molar-refractivity contribution < 1.29 is 27.2 Å². The normalized spacial score (nSPS) is 25.1. The van der Waals surface area contributed by atoms with Crippen LogP contribution in [0, 0.1) is 0 Å². The fourth-order valence-corrected chi connectivity index (χ4v) is 2.87. The third-order valence-electron chi connectivity index (χ3n) is 2.95. The van der Waals surface area contributed by atoms with Gasteiger partial charge >= 0.3 is 13.0 Å². The lowest BCUT2D eigenvalue weighted by molar-refractivity contribution is -0.150. The van der Waals surface area contributed by atoms with Gasteiger partial charge in [-0.15, -0.1) is 0 Å². The van der Waals surface area contributed by atoms with Gasteiger partial charge in [0.15, 0.2) is 0 Å². The highest BCUT2D eigenvalue weighted by atomic mass is 32.2. The predicted molar refractivity (Wildman–Crippen MR) is 69.9 cm³/mol. The summed E-state index contributed by atoms with van der Waals surface area (Å²) in [4.78, 5) is 13.4. The molecule has 1 fully saturated rings. The molecule has 1 saturated heterocycles. The van der Waals surface area contributed by atoms with Crippen LogP contribution in [0.15, 0.2) is 0 Å². The summed E-state index contributed by atoms with van der Waals surface area (Å²) in [5, 5.41) is 9.64. The summed E-state index contributed by atoms with van der Waals surface area (Å²) in [6.45, 7) is 3.86. The van der Waals surface area contributed by atoms with Crippen LogP contribution in [0.25, 0.3) is 0 Å². The van der Waals surface area contributed by atoms with E-state index in [0.717, 1.165) is 6.26 Å². The average Bonchev–Trinajstić information content (AvgIpc) is 2.26. The molecule has 1 rings (SSSR count). The van der Waals surface area contributed by atoms with E-state index in [1.54, 1.807) is 18.6 Å². The molecule has 1 aliphatic rings. The van der Waals surface area contributed by atoms with Crippen molar-refractivity contribution in [2.45, 2.75) is 38.7 Å². The number of hydrogen-bond acceptors (Lipinski definition) is 7. The van der Waals surface area contributed by atoms with Crippen molar-refractivity contribution in [1.29, 1.82) is 0 Å². The number of hydrogen-bond donors (Lipinski definition) is 1. The van der Waals surface area contributed by atoms with E-state index in [1.165, 1.54) is 0 Å². The Morgan fingerprint density at radius 3 is 2.63 bits per heavy atom. The first-order valence-corrected chi connectivity index (χ1v) is 8.05. The quantitative estimate of drug-likeness (QED) is 0.413. The van der Waals surface area contributed by atoms with Crippen molar-refractivity contribution >= 4 is 23.1 Å². The molecule has 0 saturated carbocycles. The van der Waals surface area contributed by atoms with E-state index >= 15 is 0 Å². The van der Waals surface area contributed by atoms with Gasteiger partial charge in [-0.3, -0.25) is 8.98 Å². The van der Waals surface area contributed by atoms with Gasteiger partial charge in [0.1, 0.15) is 6.04 Å². The largest absolute Gasteiger partial charge is 0.465 e. The van der Waals surface area contributed by atoms with E-state index in [4.69, 9.17) is 8.92 Å². The minimum atomic E-state index is -3.56. The molecule has 110 valence electrons. The first-order valence-electron chi connectivity index (χ1n) is 6.23. The van der Waals surface area contributed by atoms with Crippen LogP contribution in [0.4, 0.5) is 0 Å². The highest BCUT2D eigenvalue weighted by Gasteiger charge is 2.39. The highest BCUT2D eigenvalue weighted by Crippen LogP contribution is 2.23. The third kappa shape index (κ3) is 5.10. The Kier molecular flexibility index (Phi) is 5.78. The van der Waals surface area contributed by atoms with Crippen molar-refractivity contribution in [2.24, 2.45) is 0 Å². The first kappa shape index (κ1) is 16.4. The molecule has 1 N–H and O–H groups in total. The number of rotatable bonds is 5. The Morgan fingerprint density at radius 2 is 2.16 bits per heavy atom. The van der Waals surface area contributed by atoms with Gasteiger partial charge in [0, 0.05) is 6.42 Å². The summed E-state index contributed by atoms with van der Waals surface area (Å²) in [5.41, 5.74) is 0. The third-order valence-corrected chi connectivity index (χ3v) is 3.57. The molecule has 0 aromatic carbocycles. The smallest absolute Gasteiger partial charge is 0.377 e. The van der Waals surface area contributed by atoms with Crippen molar-refractivity contribution in [3.8, 4) is 0 Å². The molecule has 0 bridgehead atoms. The minimum Gasteiger partial charge on any atom is -0.465 e. The van der Waals surface area contributed by atoms with Gasteiger partial charge in [0.05, 0.1) is 19.0 Å². The number of ether oxygens (including phenoxy) is 1. The summed E-state index contributed by atoms with van der Waals surface area (Å²) in [6, 6.07) is -0.680. The van der Waals surface area contributed by atoms with E-state index in [9.17, 15) is 18.2 Å². The lowest BCUT2D eigenvalue weighted by Gasteiger charge is -2.37. The molecule has 1 heterocycles. The maximum absolute atomic E-state index is 11.8. The van der Waals surface area contributed by atoms with Crippen LogP contribution >= 0.6 is 0 Å². The summed E-state index contributed by atoms with van der Waals surface area (Å²) in [5.74, 6) is -0.467. The van der Waals surface area contributed by atoms with Crippen LogP contribution in [0.5, 0.6) is 0 Å². The summed E-state index contributed by atoms with van der Waals surface area (Å²) < 4.78 is 32.1. The topological polar surface area (TPSA) is 93.1 Å². The van der Waals surface area contributed by atoms with Crippen LogP contribution in [0.1, 0.15) is 19.8 Å². The van der Waals surface area contributed by atoms with E-state index in [0.29, 0.717) is 13.0 Å². The van der Waals surface area contributed by atoms with Crippen molar-refractivity contribution in [3.63, 3.8) is 0 Å². The second-order valence-corrected chi connectivity index (χ2v) is 6.18. The van der Waals surface area contributed by atoms with Gasteiger partial charge in [0.25, 0.3) is 10.1 Å². The van der Waals surface area contributed by atoms with E-state index in [1.807, 2.05) is 0 Å². The van der Waals surface area contributed by atoms with Crippen LogP contribution in [0.2, 0.25) is 6.82 Å². The molecule has 0 radical (unpaired) electrons. The van der Waals surface area contributed by atoms with Crippen molar-refractivity contribution in [1.82, 2.24) is 4.81 Å². The van der Waals surface area contributed by atoms with Gasteiger partial charge in [0.2, 0.25) is 0 Å². The SMILES string of the molecule is CCOC(=O)[C@H]1CC(OS(C)(=O)=O)CCN1B(C)O. The van der Waals surface area contributed by atoms with Crippen molar-refractivity contribution in [3.05, 3.63) is 0 Å². The summed E-state index contributed by atoms with van der Waals surface area (Å²) >= 11 is 0. The van der Waals surface area contributed by atoms with E-state index in [2.05, 4.69) is 0 Å².